The minimum atomic E-state index is -0.110. The van der Waals surface area contributed by atoms with E-state index in [1.165, 1.54) is 32.1 Å². The number of likely N-dealkylation sites (tertiary alicyclic amines) is 1. The third kappa shape index (κ3) is 2.58. The van der Waals surface area contributed by atoms with Gasteiger partial charge in [-0.05, 0) is 38.6 Å². The second-order valence-electron chi connectivity index (χ2n) is 5.66. The molecule has 1 heterocycles. The van der Waals surface area contributed by atoms with Crippen LogP contribution >= 0.6 is 0 Å². The van der Waals surface area contributed by atoms with E-state index in [2.05, 4.69) is 11.8 Å². The first kappa shape index (κ1) is 12.3. The normalized spacial score (nSPS) is 42.2. The van der Waals surface area contributed by atoms with E-state index in [4.69, 9.17) is 5.73 Å². The minimum absolute atomic E-state index is 0.110. The van der Waals surface area contributed by atoms with E-state index in [0.29, 0.717) is 18.0 Å². The molecule has 16 heavy (non-hydrogen) atoms. The Kier molecular flexibility index (Phi) is 4.22. The van der Waals surface area contributed by atoms with Crippen molar-refractivity contribution < 1.29 is 5.11 Å². The Labute approximate surface area is 99.0 Å². The molecule has 1 saturated carbocycles. The SMILES string of the molecule is CC1CC(CN)CN1C1CCCCCC1O. The first-order chi connectivity index (χ1) is 7.72. The lowest BCUT2D eigenvalue weighted by Gasteiger charge is -2.34. The highest BCUT2D eigenvalue weighted by Crippen LogP contribution is 2.30. The number of hydrogen-bond donors (Lipinski definition) is 2. The predicted octanol–water partition coefficient (Wildman–Crippen LogP) is 1.35. The molecule has 0 spiro atoms. The fourth-order valence-corrected chi connectivity index (χ4v) is 3.46. The van der Waals surface area contributed by atoms with Crippen molar-refractivity contribution >= 4 is 0 Å². The van der Waals surface area contributed by atoms with E-state index in [1.54, 1.807) is 0 Å². The van der Waals surface area contributed by atoms with Crippen molar-refractivity contribution in [1.82, 2.24) is 4.90 Å². The molecule has 1 aliphatic heterocycles. The molecule has 0 radical (unpaired) electrons. The van der Waals surface area contributed by atoms with E-state index in [0.717, 1.165) is 19.5 Å². The van der Waals surface area contributed by atoms with Crippen molar-refractivity contribution in [1.29, 1.82) is 0 Å². The van der Waals surface area contributed by atoms with Gasteiger partial charge >= 0.3 is 0 Å². The predicted molar refractivity (Wildman–Crippen MR) is 66.2 cm³/mol. The van der Waals surface area contributed by atoms with Crippen molar-refractivity contribution in [3.63, 3.8) is 0 Å². The van der Waals surface area contributed by atoms with Gasteiger partial charge in [-0.25, -0.2) is 0 Å². The quantitative estimate of drug-likeness (QED) is 0.699. The van der Waals surface area contributed by atoms with Crippen LogP contribution in [0.4, 0.5) is 0 Å². The van der Waals surface area contributed by atoms with Gasteiger partial charge in [-0.15, -0.1) is 0 Å². The molecular weight excluding hydrogens is 200 g/mol. The summed E-state index contributed by atoms with van der Waals surface area (Å²) in [7, 11) is 0. The Bertz CT molecular complexity index is 222. The van der Waals surface area contributed by atoms with Crippen LogP contribution < -0.4 is 5.73 Å². The van der Waals surface area contributed by atoms with Crippen molar-refractivity contribution in [2.24, 2.45) is 11.7 Å². The van der Waals surface area contributed by atoms with Gasteiger partial charge in [-0.2, -0.15) is 0 Å². The Hall–Kier alpha value is -0.120. The van der Waals surface area contributed by atoms with Crippen LogP contribution in [0.2, 0.25) is 0 Å². The van der Waals surface area contributed by atoms with E-state index in [9.17, 15) is 5.11 Å². The van der Waals surface area contributed by atoms with Crippen molar-refractivity contribution in [3.8, 4) is 0 Å². The van der Waals surface area contributed by atoms with Crippen LogP contribution in [-0.2, 0) is 0 Å². The minimum Gasteiger partial charge on any atom is -0.391 e. The Morgan fingerprint density at radius 2 is 2.00 bits per heavy atom. The maximum atomic E-state index is 10.2. The highest BCUT2D eigenvalue weighted by atomic mass is 16.3. The molecule has 0 bridgehead atoms. The van der Waals surface area contributed by atoms with Gasteiger partial charge in [-0.1, -0.05) is 19.3 Å². The zero-order valence-electron chi connectivity index (χ0n) is 10.4. The second-order valence-corrected chi connectivity index (χ2v) is 5.66. The Balaban J connectivity index is 1.99. The van der Waals surface area contributed by atoms with Crippen LogP contribution in [0.25, 0.3) is 0 Å². The van der Waals surface area contributed by atoms with Crippen molar-refractivity contribution in [2.45, 2.75) is 63.6 Å². The lowest BCUT2D eigenvalue weighted by atomic mass is 10.0. The van der Waals surface area contributed by atoms with Crippen molar-refractivity contribution in [3.05, 3.63) is 0 Å². The zero-order chi connectivity index (χ0) is 11.5. The summed E-state index contributed by atoms with van der Waals surface area (Å²) in [5, 5.41) is 10.2. The first-order valence-corrected chi connectivity index (χ1v) is 6.86. The molecule has 0 aromatic carbocycles. The molecule has 1 saturated heterocycles. The molecule has 2 rings (SSSR count). The van der Waals surface area contributed by atoms with Gasteiger partial charge < -0.3 is 10.8 Å². The van der Waals surface area contributed by atoms with Crippen molar-refractivity contribution in [2.75, 3.05) is 13.1 Å². The molecule has 3 nitrogen and oxygen atoms in total. The number of nitrogens with zero attached hydrogens (tertiary/aromatic N) is 1. The number of rotatable bonds is 2. The topological polar surface area (TPSA) is 49.5 Å². The van der Waals surface area contributed by atoms with E-state index >= 15 is 0 Å². The lowest BCUT2D eigenvalue weighted by Crippen LogP contribution is -2.45. The standard InChI is InChI=1S/C13H26N2O/c1-10-7-11(8-14)9-15(10)12-5-3-2-4-6-13(12)16/h10-13,16H,2-9,14H2,1H3. The number of aliphatic hydroxyl groups excluding tert-OH is 1. The monoisotopic (exact) mass is 226 g/mol. The maximum absolute atomic E-state index is 10.2. The van der Waals surface area contributed by atoms with Crippen LogP contribution in [0.1, 0.15) is 45.4 Å². The first-order valence-electron chi connectivity index (χ1n) is 6.86. The molecule has 3 heteroatoms. The molecular formula is C13H26N2O. The van der Waals surface area contributed by atoms with Gasteiger partial charge in [0, 0.05) is 18.6 Å². The molecule has 4 atom stereocenters. The summed E-state index contributed by atoms with van der Waals surface area (Å²) < 4.78 is 0. The summed E-state index contributed by atoms with van der Waals surface area (Å²) >= 11 is 0. The average molecular weight is 226 g/mol. The third-order valence-electron chi connectivity index (χ3n) is 4.41. The molecule has 3 N–H and O–H groups in total. The summed E-state index contributed by atoms with van der Waals surface area (Å²) in [6.07, 6.45) is 7.01. The van der Waals surface area contributed by atoms with Crippen LogP contribution in [0, 0.1) is 5.92 Å². The fraction of sp³-hybridized carbons (Fsp3) is 1.00. The maximum Gasteiger partial charge on any atom is 0.0695 e. The molecule has 94 valence electrons. The third-order valence-corrected chi connectivity index (χ3v) is 4.41. The Morgan fingerprint density at radius 3 is 2.69 bits per heavy atom. The van der Waals surface area contributed by atoms with Crippen LogP contribution in [0.5, 0.6) is 0 Å². The van der Waals surface area contributed by atoms with Crippen LogP contribution in [0.15, 0.2) is 0 Å². The second kappa shape index (κ2) is 5.48. The molecule has 0 aromatic rings. The van der Waals surface area contributed by atoms with E-state index < -0.39 is 0 Å². The number of hydrogen-bond acceptors (Lipinski definition) is 3. The van der Waals surface area contributed by atoms with E-state index in [-0.39, 0.29) is 6.10 Å². The highest BCUT2D eigenvalue weighted by Gasteiger charge is 2.36. The summed E-state index contributed by atoms with van der Waals surface area (Å²) in [4.78, 5) is 2.52. The van der Waals surface area contributed by atoms with Crippen LogP contribution in [-0.4, -0.2) is 41.3 Å². The van der Waals surface area contributed by atoms with Crippen LogP contribution in [0.3, 0.4) is 0 Å². The summed E-state index contributed by atoms with van der Waals surface area (Å²) in [5.74, 6) is 0.644. The highest BCUT2D eigenvalue weighted by molar-refractivity contribution is 4.91. The molecule has 1 aliphatic carbocycles. The van der Waals surface area contributed by atoms with Gasteiger partial charge in [-0.3, -0.25) is 4.90 Å². The average Bonchev–Trinajstić information content (AvgIpc) is 2.51. The van der Waals surface area contributed by atoms with Gasteiger partial charge in [0.2, 0.25) is 0 Å². The fourth-order valence-electron chi connectivity index (χ4n) is 3.46. The number of nitrogens with two attached hydrogens (primary N) is 1. The zero-order valence-corrected chi connectivity index (χ0v) is 10.4. The van der Waals surface area contributed by atoms with Gasteiger partial charge in [0.15, 0.2) is 0 Å². The molecule has 0 aromatic heterocycles. The van der Waals surface area contributed by atoms with E-state index in [1.807, 2.05) is 0 Å². The molecule has 2 fully saturated rings. The molecule has 4 unspecified atom stereocenters. The Morgan fingerprint density at radius 1 is 1.25 bits per heavy atom. The summed E-state index contributed by atoms with van der Waals surface area (Å²) in [6, 6.07) is 1.00. The lowest BCUT2D eigenvalue weighted by molar-refractivity contribution is 0.0392. The van der Waals surface area contributed by atoms with Gasteiger partial charge in [0.25, 0.3) is 0 Å². The van der Waals surface area contributed by atoms with Gasteiger partial charge in [0.1, 0.15) is 0 Å². The summed E-state index contributed by atoms with van der Waals surface area (Å²) in [6.45, 7) is 4.18. The number of aliphatic hydroxyl groups is 1. The summed E-state index contributed by atoms with van der Waals surface area (Å²) in [5.41, 5.74) is 5.76. The molecule has 2 aliphatic rings. The molecule has 0 amide bonds. The smallest absolute Gasteiger partial charge is 0.0695 e. The largest absolute Gasteiger partial charge is 0.391 e. The van der Waals surface area contributed by atoms with Gasteiger partial charge in [0.05, 0.1) is 6.10 Å².